The number of carbonyl (C=O) groups excluding carboxylic acids is 1. The van der Waals surface area contributed by atoms with E-state index in [1.807, 2.05) is 6.92 Å². The van der Waals surface area contributed by atoms with Gasteiger partial charge in [0.2, 0.25) is 5.91 Å². The van der Waals surface area contributed by atoms with Gasteiger partial charge in [-0.2, -0.15) is 0 Å². The van der Waals surface area contributed by atoms with E-state index in [-0.39, 0.29) is 5.82 Å². The maximum atomic E-state index is 13.2. The first-order chi connectivity index (χ1) is 7.87. The minimum Gasteiger partial charge on any atom is -0.371 e. The van der Waals surface area contributed by atoms with Gasteiger partial charge in [-0.15, -0.1) is 0 Å². The molecule has 0 saturated heterocycles. The Morgan fingerprint density at radius 3 is 2.59 bits per heavy atom. The Hall–Kier alpha value is -1.58. The van der Waals surface area contributed by atoms with E-state index in [0.29, 0.717) is 12.1 Å². The number of primary amides is 1. The SMILES string of the molecule is CCCC(C)(Nc1cc(C)cc(F)c1)C(N)=O. The smallest absolute Gasteiger partial charge is 0.242 e. The van der Waals surface area contributed by atoms with Gasteiger partial charge in [0, 0.05) is 5.69 Å². The fraction of sp³-hybridized carbons (Fsp3) is 0.462. The lowest BCUT2D eigenvalue weighted by Gasteiger charge is -2.28. The van der Waals surface area contributed by atoms with E-state index >= 15 is 0 Å². The highest BCUT2D eigenvalue weighted by atomic mass is 19.1. The standard InChI is InChI=1S/C13H19FN2O/c1-4-5-13(3,12(15)17)16-11-7-9(2)6-10(14)8-11/h6-8,16H,4-5H2,1-3H3,(H2,15,17). The van der Waals surface area contributed by atoms with Gasteiger partial charge in [0.1, 0.15) is 11.4 Å². The first kappa shape index (κ1) is 13.5. The van der Waals surface area contributed by atoms with Gasteiger partial charge < -0.3 is 11.1 Å². The summed E-state index contributed by atoms with van der Waals surface area (Å²) in [4.78, 5) is 11.5. The van der Waals surface area contributed by atoms with Crippen molar-refractivity contribution in [3.05, 3.63) is 29.6 Å². The van der Waals surface area contributed by atoms with Crippen molar-refractivity contribution < 1.29 is 9.18 Å². The Labute approximate surface area is 101 Å². The second-order valence-electron chi connectivity index (χ2n) is 4.59. The zero-order valence-electron chi connectivity index (χ0n) is 10.5. The molecule has 1 aromatic carbocycles. The minimum absolute atomic E-state index is 0.323. The first-order valence-corrected chi connectivity index (χ1v) is 5.72. The van der Waals surface area contributed by atoms with Crippen molar-refractivity contribution >= 4 is 11.6 Å². The van der Waals surface area contributed by atoms with Crippen molar-refractivity contribution in [3.8, 4) is 0 Å². The molecule has 0 radical (unpaired) electrons. The molecule has 0 aromatic heterocycles. The Morgan fingerprint density at radius 2 is 2.12 bits per heavy atom. The molecule has 0 aliphatic heterocycles. The average molecular weight is 238 g/mol. The van der Waals surface area contributed by atoms with Gasteiger partial charge in [0.05, 0.1) is 0 Å². The normalized spacial score (nSPS) is 14.1. The van der Waals surface area contributed by atoms with Crippen molar-refractivity contribution in [2.45, 2.75) is 39.2 Å². The van der Waals surface area contributed by atoms with E-state index in [1.165, 1.54) is 12.1 Å². The Bertz CT molecular complexity index is 400. The fourth-order valence-corrected chi connectivity index (χ4v) is 1.87. The molecule has 0 heterocycles. The van der Waals surface area contributed by atoms with Crippen LogP contribution in [0.1, 0.15) is 32.3 Å². The zero-order chi connectivity index (χ0) is 13.1. The molecule has 0 bridgehead atoms. The maximum Gasteiger partial charge on any atom is 0.242 e. The van der Waals surface area contributed by atoms with E-state index in [1.54, 1.807) is 19.9 Å². The molecule has 0 spiro atoms. The summed E-state index contributed by atoms with van der Waals surface area (Å²) in [6.07, 6.45) is 1.43. The minimum atomic E-state index is -0.838. The van der Waals surface area contributed by atoms with Gasteiger partial charge in [0.25, 0.3) is 0 Å². The summed E-state index contributed by atoms with van der Waals surface area (Å²) in [6.45, 7) is 5.51. The Balaban J connectivity index is 2.97. The number of hydrogen-bond acceptors (Lipinski definition) is 2. The highest BCUT2D eigenvalue weighted by Crippen LogP contribution is 2.21. The second-order valence-corrected chi connectivity index (χ2v) is 4.59. The summed E-state index contributed by atoms with van der Waals surface area (Å²) in [5, 5.41) is 3.02. The monoisotopic (exact) mass is 238 g/mol. The van der Waals surface area contributed by atoms with Crippen LogP contribution < -0.4 is 11.1 Å². The molecule has 0 saturated carbocycles. The number of amides is 1. The van der Waals surface area contributed by atoms with Crippen molar-refractivity contribution in [1.82, 2.24) is 0 Å². The molecule has 1 aromatic rings. The first-order valence-electron chi connectivity index (χ1n) is 5.72. The highest BCUT2D eigenvalue weighted by Gasteiger charge is 2.29. The van der Waals surface area contributed by atoms with Crippen LogP contribution in [0.25, 0.3) is 0 Å². The third-order valence-electron chi connectivity index (χ3n) is 2.76. The number of nitrogens with one attached hydrogen (secondary N) is 1. The largest absolute Gasteiger partial charge is 0.371 e. The molecule has 94 valence electrons. The molecular formula is C13H19FN2O. The molecule has 1 atom stereocenters. The number of carbonyl (C=O) groups is 1. The average Bonchev–Trinajstić information content (AvgIpc) is 2.15. The van der Waals surface area contributed by atoms with Crippen LogP contribution in [0.2, 0.25) is 0 Å². The number of halogens is 1. The van der Waals surface area contributed by atoms with E-state index in [0.717, 1.165) is 12.0 Å². The van der Waals surface area contributed by atoms with Crippen LogP contribution in [0.5, 0.6) is 0 Å². The van der Waals surface area contributed by atoms with Crippen molar-refractivity contribution in [3.63, 3.8) is 0 Å². The number of rotatable bonds is 5. The molecule has 1 unspecified atom stereocenters. The van der Waals surface area contributed by atoms with Gasteiger partial charge in [0.15, 0.2) is 0 Å². The molecule has 4 heteroatoms. The van der Waals surface area contributed by atoms with Crippen LogP contribution in [-0.4, -0.2) is 11.4 Å². The lowest BCUT2D eigenvalue weighted by molar-refractivity contribution is -0.122. The second kappa shape index (κ2) is 5.17. The molecule has 17 heavy (non-hydrogen) atoms. The summed E-state index contributed by atoms with van der Waals surface area (Å²) in [5.41, 5.74) is 5.93. The molecule has 3 nitrogen and oxygen atoms in total. The molecule has 0 aliphatic rings. The van der Waals surface area contributed by atoms with Crippen molar-refractivity contribution in [2.75, 3.05) is 5.32 Å². The third kappa shape index (κ3) is 3.44. The summed E-state index contributed by atoms with van der Waals surface area (Å²) < 4.78 is 13.2. The van der Waals surface area contributed by atoms with Gasteiger partial charge in [-0.05, 0) is 44.0 Å². The van der Waals surface area contributed by atoms with E-state index in [2.05, 4.69) is 5.32 Å². The lowest BCUT2D eigenvalue weighted by Crippen LogP contribution is -2.47. The predicted molar refractivity (Wildman–Crippen MR) is 67.3 cm³/mol. The molecular weight excluding hydrogens is 219 g/mol. The molecule has 0 fully saturated rings. The Kier molecular flexibility index (Phi) is 4.10. The predicted octanol–water partition coefficient (Wildman–Crippen LogP) is 2.59. The highest BCUT2D eigenvalue weighted by molar-refractivity contribution is 5.87. The number of aryl methyl sites for hydroxylation is 1. The van der Waals surface area contributed by atoms with E-state index < -0.39 is 11.4 Å². The van der Waals surface area contributed by atoms with Crippen LogP contribution >= 0.6 is 0 Å². The van der Waals surface area contributed by atoms with Crippen LogP contribution in [-0.2, 0) is 4.79 Å². The van der Waals surface area contributed by atoms with Gasteiger partial charge in [-0.1, -0.05) is 13.3 Å². The fourth-order valence-electron chi connectivity index (χ4n) is 1.87. The topological polar surface area (TPSA) is 55.1 Å². The summed E-state index contributed by atoms with van der Waals surface area (Å²) >= 11 is 0. The Morgan fingerprint density at radius 1 is 1.47 bits per heavy atom. The quantitative estimate of drug-likeness (QED) is 0.828. The van der Waals surface area contributed by atoms with Gasteiger partial charge in [-0.25, -0.2) is 4.39 Å². The van der Waals surface area contributed by atoms with E-state index in [4.69, 9.17) is 5.73 Å². The number of benzene rings is 1. The lowest BCUT2D eigenvalue weighted by atomic mass is 9.94. The van der Waals surface area contributed by atoms with Crippen LogP contribution in [0, 0.1) is 12.7 Å². The van der Waals surface area contributed by atoms with Crippen LogP contribution in [0.4, 0.5) is 10.1 Å². The number of anilines is 1. The van der Waals surface area contributed by atoms with E-state index in [9.17, 15) is 9.18 Å². The molecule has 1 amide bonds. The maximum absolute atomic E-state index is 13.2. The molecule has 3 N–H and O–H groups in total. The van der Waals surface area contributed by atoms with Crippen LogP contribution in [0.3, 0.4) is 0 Å². The zero-order valence-corrected chi connectivity index (χ0v) is 10.5. The summed E-state index contributed by atoms with van der Waals surface area (Å²) in [6, 6.07) is 4.59. The van der Waals surface area contributed by atoms with Crippen LogP contribution in [0.15, 0.2) is 18.2 Å². The molecule has 0 aliphatic carbocycles. The summed E-state index contributed by atoms with van der Waals surface area (Å²) in [5.74, 6) is -0.753. The van der Waals surface area contributed by atoms with Crippen molar-refractivity contribution in [1.29, 1.82) is 0 Å². The number of hydrogen-bond donors (Lipinski definition) is 2. The van der Waals surface area contributed by atoms with Crippen molar-refractivity contribution in [2.24, 2.45) is 5.73 Å². The molecule has 1 rings (SSSR count). The number of nitrogens with two attached hydrogens (primary N) is 1. The summed E-state index contributed by atoms with van der Waals surface area (Å²) in [7, 11) is 0. The van der Waals surface area contributed by atoms with Gasteiger partial charge >= 0.3 is 0 Å². The third-order valence-corrected chi connectivity index (χ3v) is 2.76. The van der Waals surface area contributed by atoms with Gasteiger partial charge in [-0.3, -0.25) is 4.79 Å².